The number of furan rings is 1. The zero-order valence-electron chi connectivity index (χ0n) is 11.3. The molecule has 4 nitrogen and oxygen atoms in total. The molecule has 1 fully saturated rings. The summed E-state index contributed by atoms with van der Waals surface area (Å²) in [6.07, 6.45) is 7.22. The van der Waals surface area contributed by atoms with Crippen LogP contribution < -0.4 is 5.32 Å². The molecule has 2 rings (SSSR count). The molecule has 0 bridgehead atoms. The summed E-state index contributed by atoms with van der Waals surface area (Å²) in [6, 6.07) is 5.87. The highest BCUT2D eigenvalue weighted by Crippen LogP contribution is 2.27. The molecule has 1 aliphatic rings. The van der Waals surface area contributed by atoms with Crippen molar-refractivity contribution in [3.63, 3.8) is 0 Å². The summed E-state index contributed by atoms with van der Waals surface area (Å²) >= 11 is 0. The Hall–Kier alpha value is -1.31. The van der Waals surface area contributed by atoms with Gasteiger partial charge in [0.25, 0.3) is 0 Å². The molecular weight excluding hydrogens is 240 g/mol. The normalized spacial score (nSPS) is 18.1. The lowest BCUT2D eigenvalue weighted by Gasteiger charge is -2.30. The van der Waals surface area contributed by atoms with Gasteiger partial charge >= 0.3 is 0 Å². The predicted octanol–water partition coefficient (Wildman–Crippen LogP) is 2.57. The molecule has 0 aromatic carbocycles. The van der Waals surface area contributed by atoms with Gasteiger partial charge in [0.1, 0.15) is 11.8 Å². The number of hydrogen-bond acceptors (Lipinski definition) is 4. The van der Waals surface area contributed by atoms with Crippen LogP contribution in [0.15, 0.2) is 16.5 Å². The van der Waals surface area contributed by atoms with Crippen LogP contribution >= 0.6 is 0 Å². The average molecular weight is 262 g/mol. The maximum Gasteiger partial charge on any atom is 0.203 e. The number of nitrogens with zero attached hydrogens (tertiary/aromatic N) is 1. The Morgan fingerprint density at radius 3 is 2.79 bits per heavy atom. The molecule has 1 heterocycles. The van der Waals surface area contributed by atoms with E-state index in [1.807, 2.05) is 12.1 Å². The minimum absolute atomic E-state index is 0.218. The first kappa shape index (κ1) is 14.1. The van der Waals surface area contributed by atoms with Crippen molar-refractivity contribution < 1.29 is 9.52 Å². The van der Waals surface area contributed by atoms with Crippen LogP contribution in [0.2, 0.25) is 0 Å². The first-order valence-corrected chi connectivity index (χ1v) is 7.16. The van der Waals surface area contributed by atoms with Gasteiger partial charge in [-0.15, -0.1) is 0 Å². The lowest BCUT2D eigenvalue weighted by atomic mass is 9.83. The zero-order valence-corrected chi connectivity index (χ0v) is 11.3. The summed E-state index contributed by atoms with van der Waals surface area (Å²) in [7, 11) is 0. The molecule has 4 heteroatoms. The molecule has 1 aromatic heterocycles. The van der Waals surface area contributed by atoms with Crippen molar-refractivity contribution in [1.29, 1.82) is 5.26 Å². The molecule has 1 aromatic rings. The highest BCUT2D eigenvalue weighted by Gasteiger charge is 2.23. The Labute approximate surface area is 114 Å². The molecule has 0 radical (unpaired) electrons. The molecule has 0 aliphatic heterocycles. The molecule has 1 unspecified atom stereocenters. The van der Waals surface area contributed by atoms with Gasteiger partial charge in [0, 0.05) is 12.6 Å². The van der Waals surface area contributed by atoms with E-state index in [-0.39, 0.29) is 6.61 Å². The Kier molecular flexibility index (Phi) is 5.44. The van der Waals surface area contributed by atoms with E-state index in [0.717, 1.165) is 12.2 Å². The van der Waals surface area contributed by atoms with Crippen molar-refractivity contribution in [2.24, 2.45) is 5.92 Å². The van der Waals surface area contributed by atoms with Crippen molar-refractivity contribution in [1.82, 2.24) is 5.32 Å². The number of nitriles is 1. The van der Waals surface area contributed by atoms with Gasteiger partial charge < -0.3 is 14.8 Å². The fraction of sp³-hybridized carbons (Fsp3) is 0.667. The topological polar surface area (TPSA) is 69.2 Å². The van der Waals surface area contributed by atoms with Crippen LogP contribution in [0.4, 0.5) is 0 Å². The lowest BCUT2D eigenvalue weighted by molar-refractivity contribution is 0.203. The summed E-state index contributed by atoms with van der Waals surface area (Å²) in [6.45, 7) is 0.846. The van der Waals surface area contributed by atoms with E-state index in [2.05, 4.69) is 5.32 Å². The molecule has 1 aliphatic carbocycles. The minimum Gasteiger partial charge on any atom is -0.449 e. The van der Waals surface area contributed by atoms with Crippen LogP contribution in [0.1, 0.15) is 50.0 Å². The molecule has 2 N–H and O–H groups in total. The van der Waals surface area contributed by atoms with E-state index in [4.69, 9.17) is 9.68 Å². The monoisotopic (exact) mass is 262 g/mol. The summed E-state index contributed by atoms with van der Waals surface area (Å²) < 4.78 is 5.36. The van der Waals surface area contributed by atoms with Crippen LogP contribution in [-0.2, 0) is 6.54 Å². The molecule has 104 valence electrons. The van der Waals surface area contributed by atoms with Crippen LogP contribution in [0.25, 0.3) is 0 Å². The predicted molar refractivity (Wildman–Crippen MR) is 72.3 cm³/mol. The summed E-state index contributed by atoms with van der Waals surface area (Å²) in [5.41, 5.74) is 0. The quantitative estimate of drug-likeness (QED) is 0.826. The first-order valence-electron chi connectivity index (χ1n) is 7.16. The SMILES string of the molecule is N#Cc1ccc(CNC(CCO)C2CCCCC2)o1. The van der Waals surface area contributed by atoms with Gasteiger partial charge in [-0.2, -0.15) is 5.26 Å². The number of aliphatic hydroxyl groups excluding tert-OH is 1. The molecule has 1 atom stereocenters. The van der Waals surface area contributed by atoms with Crippen molar-refractivity contribution >= 4 is 0 Å². The van der Waals surface area contributed by atoms with Gasteiger partial charge in [-0.05, 0) is 37.3 Å². The summed E-state index contributed by atoms with van der Waals surface area (Å²) in [5, 5.41) is 21.4. The third-order valence-electron chi connectivity index (χ3n) is 3.97. The fourth-order valence-corrected chi connectivity index (χ4v) is 2.94. The van der Waals surface area contributed by atoms with E-state index >= 15 is 0 Å². The van der Waals surface area contributed by atoms with Gasteiger partial charge in [0.2, 0.25) is 5.76 Å². The van der Waals surface area contributed by atoms with Crippen LogP contribution in [-0.4, -0.2) is 17.8 Å². The van der Waals surface area contributed by atoms with Gasteiger partial charge in [0.05, 0.1) is 6.54 Å². The Balaban J connectivity index is 1.87. The lowest BCUT2D eigenvalue weighted by Crippen LogP contribution is -2.37. The van der Waals surface area contributed by atoms with E-state index in [1.165, 1.54) is 32.1 Å². The third kappa shape index (κ3) is 4.09. The molecule has 1 saturated carbocycles. The average Bonchev–Trinajstić information content (AvgIpc) is 2.92. The van der Waals surface area contributed by atoms with E-state index in [0.29, 0.717) is 24.3 Å². The second-order valence-corrected chi connectivity index (χ2v) is 5.28. The van der Waals surface area contributed by atoms with Crippen molar-refractivity contribution in [3.05, 3.63) is 23.7 Å². The largest absolute Gasteiger partial charge is 0.449 e. The summed E-state index contributed by atoms with van der Waals surface area (Å²) in [4.78, 5) is 0. The second kappa shape index (κ2) is 7.32. The number of nitrogens with one attached hydrogen (secondary N) is 1. The van der Waals surface area contributed by atoms with Gasteiger partial charge in [0.15, 0.2) is 0 Å². The van der Waals surface area contributed by atoms with Crippen LogP contribution in [0, 0.1) is 17.2 Å². The van der Waals surface area contributed by atoms with E-state index < -0.39 is 0 Å². The summed E-state index contributed by atoms with van der Waals surface area (Å²) in [5.74, 6) is 1.80. The smallest absolute Gasteiger partial charge is 0.203 e. The minimum atomic E-state index is 0.218. The Morgan fingerprint density at radius 2 is 2.16 bits per heavy atom. The van der Waals surface area contributed by atoms with Crippen molar-refractivity contribution in [3.8, 4) is 6.07 Å². The molecular formula is C15H22N2O2. The number of aliphatic hydroxyl groups is 1. The molecule has 0 spiro atoms. The Morgan fingerprint density at radius 1 is 1.37 bits per heavy atom. The second-order valence-electron chi connectivity index (χ2n) is 5.28. The van der Waals surface area contributed by atoms with Crippen molar-refractivity contribution in [2.45, 2.75) is 51.1 Å². The Bertz CT molecular complexity index is 416. The number of hydrogen-bond donors (Lipinski definition) is 2. The fourth-order valence-electron chi connectivity index (χ4n) is 2.94. The van der Waals surface area contributed by atoms with E-state index in [1.54, 1.807) is 6.07 Å². The van der Waals surface area contributed by atoms with Crippen LogP contribution in [0.5, 0.6) is 0 Å². The maximum atomic E-state index is 9.20. The third-order valence-corrected chi connectivity index (χ3v) is 3.97. The molecule has 0 amide bonds. The highest BCUT2D eigenvalue weighted by atomic mass is 16.3. The van der Waals surface area contributed by atoms with Crippen molar-refractivity contribution in [2.75, 3.05) is 6.61 Å². The van der Waals surface area contributed by atoms with E-state index in [9.17, 15) is 5.11 Å². The van der Waals surface area contributed by atoms with Gasteiger partial charge in [-0.25, -0.2) is 0 Å². The zero-order chi connectivity index (χ0) is 13.5. The molecule has 0 saturated heterocycles. The van der Waals surface area contributed by atoms with Gasteiger partial charge in [-0.3, -0.25) is 0 Å². The van der Waals surface area contributed by atoms with Crippen LogP contribution in [0.3, 0.4) is 0 Å². The first-order chi connectivity index (χ1) is 9.33. The highest BCUT2D eigenvalue weighted by molar-refractivity contribution is 5.19. The maximum absolute atomic E-state index is 9.20. The van der Waals surface area contributed by atoms with Gasteiger partial charge in [-0.1, -0.05) is 19.3 Å². The molecule has 19 heavy (non-hydrogen) atoms. The standard InChI is InChI=1S/C15H22N2O2/c16-10-13-6-7-14(19-13)11-17-15(8-9-18)12-4-2-1-3-5-12/h6-7,12,15,17-18H,1-5,8-9,11H2. The number of rotatable bonds is 6.